The third kappa shape index (κ3) is 6.58. The van der Waals surface area contributed by atoms with Gasteiger partial charge in [0.15, 0.2) is 0 Å². The molecule has 148 valence electrons. The van der Waals surface area contributed by atoms with Gasteiger partial charge in [-0.25, -0.2) is 9.78 Å². The summed E-state index contributed by atoms with van der Waals surface area (Å²) in [5, 5.41) is 11.0. The second-order valence-electron chi connectivity index (χ2n) is 5.62. The summed E-state index contributed by atoms with van der Waals surface area (Å²) in [6.07, 6.45) is -4.33. The van der Waals surface area contributed by atoms with Crippen LogP contribution in [0.2, 0.25) is 0 Å². The lowest BCUT2D eigenvalue weighted by molar-refractivity contribution is -0.137. The zero-order chi connectivity index (χ0) is 20.7. The zero-order valence-electron chi connectivity index (χ0n) is 14.7. The van der Waals surface area contributed by atoms with Crippen LogP contribution in [0.4, 0.5) is 18.9 Å². The molecule has 3 aromatic rings. The molecule has 0 bridgehead atoms. The van der Waals surface area contributed by atoms with Gasteiger partial charge in [0.2, 0.25) is 5.88 Å². The first kappa shape index (κ1) is 21.2. The molecule has 3 N–H and O–H groups in total. The minimum absolute atomic E-state index is 0.0765. The van der Waals surface area contributed by atoms with Crippen molar-refractivity contribution in [2.45, 2.75) is 19.7 Å². The molecule has 9 heteroatoms. The van der Waals surface area contributed by atoms with Crippen molar-refractivity contribution in [2.24, 2.45) is 0 Å². The van der Waals surface area contributed by atoms with E-state index in [0.717, 1.165) is 17.1 Å². The highest BCUT2D eigenvalue weighted by Gasteiger charge is 2.30. The van der Waals surface area contributed by atoms with Crippen molar-refractivity contribution in [3.63, 3.8) is 0 Å². The second kappa shape index (κ2) is 9.23. The Kier molecular flexibility index (Phi) is 7.00. The molecule has 5 nitrogen and oxygen atoms in total. The average Bonchev–Trinajstić information content (AvgIpc) is 3.05. The fourth-order valence-electron chi connectivity index (χ4n) is 2.08. The summed E-state index contributed by atoms with van der Waals surface area (Å²) in [5.74, 6) is -0.512. The summed E-state index contributed by atoms with van der Waals surface area (Å²) < 4.78 is 42.8. The predicted octanol–water partition coefficient (Wildman–Crippen LogP) is 5.02. The lowest BCUT2D eigenvalue weighted by atomic mass is 10.1. The Hall–Kier alpha value is -3.07. The van der Waals surface area contributed by atoms with Gasteiger partial charge < -0.3 is 15.6 Å². The number of nitrogen functional groups attached to an aromatic ring is 1. The summed E-state index contributed by atoms with van der Waals surface area (Å²) >= 11 is 1.43. The molecule has 0 saturated carbocycles. The molecule has 2 aromatic carbocycles. The van der Waals surface area contributed by atoms with E-state index in [1.807, 2.05) is 6.92 Å². The SMILES string of the molecule is Cc1nc(OCc2cccc(C(F)(F)F)c2)cs1.Nc1cccc(C(=O)O)c1. The number of carboxylic acids is 1. The molecule has 0 aliphatic heterocycles. The van der Waals surface area contributed by atoms with Crippen molar-refractivity contribution < 1.29 is 27.8 Å². The van der Waals surface area contributed by atoms with Crippen LogP contribution >= 0.6 is 11.3 Å². The number of nitrogens with two attached hydrogens (primary N) is 1. The van der Waals surface area contributed by atoms with Gasteiger partial charge >= 0.3 is 12.1 Å². The summed E-state index contributed by atoms with van der Waals surface area (Å²) in [6.45, 7) is 1.91. The number of carbonyl (C=O) groups is 1. The number of hydrogen-bond acceptors (Lipinski definition) is 5. The first-order chi connectivity index (χ1) is 13.1. The Morgan fingerprint density at radius 2 is 1.93 bits per heavy atom. The molecule has 0 aliphatic carbocycles. The molecule has 0 aliphatic rings. The third-order valence-electron chi connectivity index (χ3n) is 3.37. The van der Waals surface area contributed by atoms with E-state index in [2.05, 4.69) is 4.98 Å². The topological polar surface area (TPSA) is 85.4 Å². The maximum atomic E-state index is 12.5. The van der Waals surface area contributed by atoms with Gasteiger partial charge in [-0.15, -0.1) is 11.3 Å². The van der Waals surface area contributed by atoms with Crippen LogP contribution in [0, 0.1) is 6.92 Å². The normalized spacial score (nSPS) is 10.7. The van der Waals surface area contributed by atoms with Crippen molar-refractivity contribution in [3.8, 4) is 5.88 Å². The number of nitrogens with zero attached hydrogens (tertiary/aromatic N) is 1. The molecule has 28 heavy (non-hydrogen) atoms. The maximum absolute atomic E-state index is 12.5. The van der Waals surface area contributed by atoms with Crippen LogP contribution in [0.1, 0.15) is 26.5 Å². The highest BCUT2D eigenvalue weighted by molar-refractivity contribution is 7.09. The number of thiazole rings is 1. The van der Waals surface area contributed by atoms with Crippen LogP contribution in [-0.2, 0) is 12.8 Å². The number of rotatable bonds is 4. The molecular formula is C19H17F3N2O3S. The van der Waals surface area contributed by atoms with Gasteiger partial charge in [0.05, 0.1) is 21.5 Å². The van der Waals surface area contributed by atoms with E-state index in [1.165, 1.54) is 29.5 Å². The Bertz CT molecular complexity index is 942. The van der Waals surface area contributed by atoms with Crippen LogP contribution in [0.3, 0.4) is 0 Å². The number of alkyl halides is 3. The molecular weight excluding hydrogens is 393 g/mol. The molecule has 0 atom stereocenters. The Balaban J connectivity index is 0.000000237. The van der Waals surface area contributed by atoms with Gasteiger partial charge in [-0.05, 0) is 42.8 Å². The molecule has 0 radical (unpaired) electrons. The average molecular weight is 410 g/mol. The van der Waals surface area contributed by atoms with Crippen molar-refractivity contribution in [1.82, 2.24) is 4.98 Å². The summed E-state index contributed by atoms with van der Waals surface area (Å²) in [5.41, 5.74) is 5.83. The number of anilines is 1. The van der Waals surface area contributed by atoms with E-state index < -0.39 is 17.7 Å². The number of ether oxygens (including phenoxy) is 1. The fourth-order valence-corrected chi connectivity index (χ4v) is 2.61. The van der Waals surface area contributed by atoms with Crippen molar-refractivity contribution in [2.75, 3.05) is 5.73 Å². The lowest BCUT2D eigenvalue weighted by Gasteiger charge is -2.08. The minimum Gasteiger partial charge on any atom is -0.478 e. The van der Waals surface area contributed by atoms with Crippen LogP contribution < -0.4 is 10.5 Å². The van der Waals surface area contributed by atoms with E-state index in [9.17, 15) is 18.0 Å². The monoisotopic (exact) mass is 410 g/mol. The quantitative estimate of drug-likeness (QED) is 0.590. The number of benzene rings is 2. The maximum Gasteiger partial charge on any atom is 0.416 e. The van der Waals surface area contributed by atoms with Crippen LogP contribution in [0.15, 0.2) is 53.9 Å². The van der Waals surface area contributed by atoms with Gasteiger partial charge in [-0.1, -0.05) is 18.2 Å². The Morgan fingerprint density at radius 3 is 2.46 bits per heavy atom. The van der Waals surface area contributed by atoms with Crippen molar-refractivity contribution >= 4 is 23.0 Å². The largest absolute Gasteiger partial charge is 0.478 e. The Morgan fingerprint density at radius 1 is 1.21 bits per heavy atom. The summed E-state index contributed by atoms with van der Waals surface area (Å²) in [4.78, 5) is 14.4. The first-order valence-electron chi connectivity index (χ1n) is 7.95. The highest BCUT2D eigenvalue weighted by atomic mass is 32.1. The molecule has 1 heterocycles. The molecule has 0 fully saturated rings. The number of aromatic nitrogens is 1. The lowest BCUT2D eigenvalue weighted by Crippen LogP contribution is -2.06. The first-order valence-corrected chi connectivity index (χ1v) is 8.83. The standard InChI is InChI=1S/C12H10F3NOS.C7H7NO2/c1-8-16-11(7-18-8)17-6-9-3-2-4-10(5-9)12(13,14)15;8-6-3-1-2-5(4-6)7(9)10/h2-5,7H,6H2,1H3;1-4H,8H2,(H,9,10). The van der Waals surface area contributed by atoms with Crippen LogP contribution in [0.5, 0.6) is 5.88 Å². The van der Waals surface area contributed by atoms with E-state index >= 15 is 0 Å². The van der Waals surface area contributed by atoms with Gasteiger partial charge in [0.1, 0.15) is 6.61 Å². The number of hydrogen-bond donors (Lipinski definition) is 2. The number of aryl methyl sites for hydroxylation is 1. The Labute approximate surface area is 163 Å². The third-order valence-corrected chi connectivity index (χ3v) is 4.12. The molecule has 0 unspecified atom stereocenters. The zero-order valence-corrected chi connectivity index (χ0v) is 15.6. The van der Waals surface area contributed by atoms with E-state index in [0.29, 0.717) is 17.1 Å². The minimum atomic E-state index is -4.33. The second-order valence-corrected chi connectivity index (χ2v) is 6.68. The summed E-state index contributed by atoms with van der Waals surface area (Å²) in [6, 6.07) is 11.3. The van der Waals surface area contributed by atoms with Crippen molar-refractivity contribution in [1.29, 1.82) is 0 Å². The fraction of sp³-hybridized carbons (Fsp3) is 0.158. The highest BCUT2D eigenvalue weighted by Crippen LogP contribution is 2.29. The number of carboxylic acid groups (broad SMARTS) is 1. The van der Waals surface area contributed by atoms with E-state index in [1.54, 1.807) is 23.6 Å². The molecule has 1 aromatic heterocycles. The smallest absolute Gasteiger partial charge is 0.416 e. The van der Waals surface area contributed by atoms with Gasteiger partial charge in [-0.3, -0.25) is 0 Å². The van der Waals surface area contributed by atoms with E-state index in [-0.39, 0.29) is 12.2 Å². The van der Waals surface area contributed by atoms with Crippen LogP contribution in [-0.4, -0.2) is 16.1 Å². The number of halogens is 3. The van der Waals surface area contributed by atoms with E-state index in [4.69, 9.17) is 15.6 Å². The van der Waals surface area contributed by atoms with Gasteiger partial charge in [0, 0.05) is 5.69 Å². The van der Waals surface area contributed by atoms with Crippen LogP contribution in [0.25, 0.3) is 0 Å². The molecule has 0 amide bonds. The van der Waals surface area contributed by atoms with Gasteiger partial charge in [0.25, 0.3) is 0 Å². The molecule has 0 spiro atoms. The molecule has 3 rings (SSSR count). The molecule has 0 saturated heterocycles. The van der Waals surface area contributed by atoms with Crippen molar-refractivity contribution in [3.05, 3.63) is 75.6 Å². The van der Waals surface area contributed by atoms with Gasteiger partial charge in [-0.2, -0.15) is 13.2 Å². The summed E-state index contributed by atoms with van der Waals surface area (Å²) in [7, 11) is 0. The predicted molar refractivity (Wildman–Crippen MR) is 100 cm³/mol. The number of aromatic carboxylic acids is 1.